The zero-order valence-corrected chi connectivity index (χ0v) is 16.7. The van der Waals surface area contributed by atoms with Crippen LogP contribution in [0.15, 0.2) is 53.7 Å². The van der Waals surface area contributed by atoms with Crippen molar-refractivity contribution in [2.24, 2.45) is 0 Å². The number of aliphatic hydroxyl groups excluding tert-OH is 1. The smallest absolute Gasteiger partial charge is 0.337 e. The normalized spacial score (nSPS) is 13.7. The molecule has 0 fully saturated rings. The first-order chi connectivity index (χ1) is 13.9. The number of nitrogens with one attached hydrogen (secondary N) is 1. The van der Waals surface area contributed by atoms with Crippen molar-refractivity contribution in [3.05, 3.63) is 64.9 Å². The molecule has 2 N–H and O–H groups in total. The van der Waals surface area contributed by atoms with Crippen molar-refractivity contribution in [2.75, 3.05) is 32.1 Å². The summed E-state index contributed by atoms with van der Waals surface area (Å²) in [7, 11) is 1.27. The standard InChI is InChI=1S/C22H24N2O5/c1-14-5-4-6-19(15(14)2)29-17-9-7-16(8-10-17)23-20-18(22(27)28-3)13-24(11-12-25)21(20)26/h4-10,23,25H,11-13H2,1-3H3. The maximum Gasteiger partial charge on any atom is 0.337 e. The molecule has 0 spiro atoms. The molecule has 7 nitrogen and oxygen atoms in total. The van der Waals surface area contributed by atoms with E-state index in [9.17, 15) is 9.59 Å². The average Bonchev–Trinajstić information content (AvgIpc) is 3.02. The third-order valence-electron chi connectivity index (χ3n) is 4.86. The highest BCUT2D eigenvalue weighted by Crippen LogP contribution is 2.29. The third-order valence-corrected chi connectivity index (χ3v) is 4.86. The number of rotatable bonds is 7. The molecule has 1 aliphatic rings. The molecule has 2 aromatic carbocycles. The lowest BCUT2D eigenvalue weighted by molar-refractivity contribution is -0.136. The number of nitrogens with zero attached hydrogens (tertiary/aromatic N) is 1. The Kier molecular flexibility index (Phi) is 6.19. The SMILES string of the molecule is COC(=O)C1=C(Nc2ccc(Oc3cccc(C)c3C)cc2)C(=O)N(CCO)C1. The van der Waals surface area contributed by atoms with E-state index in [1.807, 2.05) is 32.0 Å². The van der Waals surface area contributed by atoms with E-state index in [0.717, 1.165) is 16.9 Å². The number of hydrogen-bond donors (Lipinski definition) is 2. The Bertz CT molecular complexity index is 950. The molecule has 1 heterocycles. The number of benzene rings is 2. The predicted molar refractivity (Wildman–Crippen MR) is 109 cm³/mol. The third kappa shape index (κ3) is 4.41. The molecule has 1 aliphatic heterocycles. The number of ether oxygens (including phenoxy) is 2. The second kappa shape index (κ2) is 8.79. The van der Waals surface area contributed by atoms with Gasteiger partial charge in [0.05, 0.1) is 25.8 Å². The van der Waals surface area contributed by atoms with Gasteiger partial charge in [-0.2, -0.15) is 0 Å². The van der Waals surface area contributed by atoms with Gasteiger partial charge in [-0.05, 0) is 55.3 Å². The van der Waals surface area contributed by atoms with Crippen molar-refractivity contribution in [1.29, 1.82) is 0 Å². The van der Waals surface area contributed by atoms with Gasteiger partial charge in [0.2, 0.25) is 0 Å². The van der Waals surface area contributed by atoms with Crippen LogP contribution in [0, 0.1) is 13.8 Å². The molecular formula is C22H24N2O5. The zero-order chi connectivity index (χ0) is 21.0. The van der Waals surface area contributed by atoms with E-state index in [1.54, 1.807) is 24.3 Å². The minimum Gasteiger partial charge on any atom is -0.466 e. The summed E-state index contributed by atoms with van der Waals surface area (Å²) in [4.78, 5) is 26.0. The van der Waals surface area contributed by atoms with E-state index in [2.05, 4.69) is 5.32 Å². The quantitative estimate of drug-likeness (QED) is 0.700. The average molecular weight is 396 g/mol. The highest BCUT2D eigenvalue weighted by Gasteiger charge is 2.34. The summed E-state index contributed by atoms with van der Waals surface area (Å²) in [6, 6.07) is 13.0. The molecule has 7 heteroatoms. The topological polar surface area (TPSA) is 88.1 Å². The summed E-state index contributed by atoms with van der Waals surface area (Å²) < 4.78 is 10.7. The molecule has 152 valence electrons. The summed E-state index contributed by atoms with van der Waals surface area (Å²) >= 11 is 0. The van der Waals surface area contributed by atoms with Crippen molar-refractivity contribution in [2.45, 2.75) is 13.8 Å². The summed E-state index contributed by atoms with van der Waals surface area (Å²) in [5.41, 5.74) is 3.25. The van der Waals surface area contributed by atoms with Gasteiger partial charge in [0.25, 0.3) is 5.91 Å². The number of esters is 1. The second-order valence-corrected chi connectivity index (χ2v) is 6.74. The predicted octanol–water partition coefficient (Wildman–Crippen LogP) is 2.77. The maximum atomic E-state index is 12.6. The first-order valence-corrected chi connectivity index (χ1v) is 9.27. The monoisotopic (exact) mass is 396 g/mol. The largest absolute Gasteiger partial charge is 0.466 e. The van der Waals surface area contributed by atoms with Crippen molar-refractivity contribution in [1.82, 2.24) is 4.90 Å². The first kappa shape index (κ1) is 20.4. The zero-order valence-electron chi connectivity index (χ0n) is 16.7. The number of methoxy groups -OCH3 is 1. The van der Waals surface area contributed by atoms with Gasteiger partial charge >= 0.3 is 5.97 Å². The van der Waals surface area contributed by atoms with Gasteiger partial charge < -0.3 is 24.8 Å². The molecule has 0 saturated carbocycles. The number of β-amino-alcohol motifs (C(OH)–C–C–N with tert-alkyl or cyclic N) is 1. The molecule has 0 radical (unpaired) electrons. The van der Waals surface area contributed by atoms with E-state index in [-0.39, 0.29) is 36.9 Å². The van der Waals surface area contributed by atoms with Crippen LogP contribution in [0.1, 0.15) is 11.1 Å². The van der Waals surface area contributed by atoms with Gasteiger partial charge in [-0.25, -0.2) is 4.79 Å². The van der Waals surface area contributed by atoms with E-state index < -0.39 is 5.97 Å². The van der Waals surface area contributed by atoms with Crippen LogP contribution in [0.5, 0.6) is 11.5 Å². The Morgan fingerprint density at radius 1 is 1.17 bits per heavy atom. The van der Waals surface area contributed by atoms with Crippen LogP contribution in [-0.4, -0.2) is 48.7 Å². The minimum absolute atomic E-state index is 0.0994. The lowest BCUT2D eigenvalue weighted by Crippen LogP contribution is -2.31. The van der Waals surface area contributed by atoms with Crippen LogP contribution < -0.4 is 10.1 Å². The number of aryl methyl sites for hydroxylation is 1. The molecule has 1 amide bonds. The van der Waals surface area contributed by atoms with E-state index in [0.29, 0.717) is 11.4 Å². The van der Waals surface area contributed by atoms with Crippen LogP contribution in [-0.2, 0) is 14.3 Å². The van der Waals surface area contributed by atoms with Crippen molar-refractivity contribution in [3.63, 3.8) is 0 Å². The van der Waals surface area contributed by atoms with Crippen molar-refractivity contribution in [3.8, 4) is 11.5 Å². The van der Waals surface area contributed by atoms with Gasteiger partial charge in [0.15, 0.2) is 0 Å². The van der Waals surface area contributed by atoms with Gasteiger partial charge in [0, 0.05) is 12.2 Å². The highest BCUT2D eigenvalue weighted by atomic mass is 16.5. The van der Waals surface area contributed by atoms with Crippen LogP contribution >= 0.6 is 0 Å². The number of amides is 1. The lowest BCUT2D eigenvalue weighted by atomic mass is 10.1. The number of hydrogen-bond acceptors (Lipinski definition) is 6. The van der Waals surface area contributed by atoms with Crippen molar-refractivity contribution >= 4 is 17.6 Å². The minimum atomic E-state index is -0.573. The van der Waals surface area contributed by atoms with Gasteiger partial charge in [-0.1, -0.05) is 12.1 Å². The molecule has 0 atom stereocenters. The molecule has 0 bridgehead atoms. The van der Waals surface area contributed by atoms with Crippen LogP contribution in [0.4, 0.5) is 5.69 Å². The Hall–Kier alpha value is -3.32. The Morgan fingerprint density at radius 3 is 2.55 bits per heavy atom. The molecule has 29 heavy (non-hydrogen) atoms. The summed E-state index contributed by atoms with van der Waals surface area (Å²) in [5.74, 6) is 0.518. The summed E-state index contributed by atoms with van der Waals surface area (Å²) in [6.45, 7) is 4.10. The van der Waals surface area contributed by atoms with Gasteiger partial charge in [-0.15, -0.1) is 0 Å². The summed E-state index contributed by atoms with van der Waals surface area (Å²) in [5, 5.41) is 12.1. The first-order valence-electron chi connectivity index (χ1n) is 9.27. The molecular weight excluding hydrogens is 372 g/mol. The van der Waals surface area contributed by atoms with Gasteiger partial charge in [-0.3, -0.25) is 4.79 Å². The molecule has 0 saturated heterocycles. The molecule has 3 rings (SSSR count). The van der Waals surface area contributed by atoms with E-state index in [1.165, 1.54) is 12.0 Å². The maximum absolute atomic E-state index is 12.6. The Balaban J connectivity index is 1.78. The lowest BCUT2D eigenvalue weighted by Gasteiger charge is -2.15. The van der Waals surface area contributed by atoms with E-state index >= 15 is 0 Å². The number of carbonyl (C=O) groups is 2. The van der Waals surface area contributed by atoms with Gasteiger partial charge in [0.1, 0.15) is 17.2 Å². The van der Waals surface area contributed by atoms with Crippen LogP contribution in [0.2, 0.25) is 0 Å². The fraction of sp³-hybridized carbons (Fsp3) is 0.273. The summed E-state index contributed by atoms with van der Waals surface area (Å²) in [6.07, 6.45) is 0. The number of carbonyl (C=O) groups excluding carboxylic acids is 2. The van der Waals surface area contributed by atoms with E-state index in [4.69, 9.17) is 14.6 Å². The highest BCUT2D eigenvalue weighted by molar-refractivity contribution is 6.08. The Morgan fingerprint density at radius 2 is 1.90 bits per heavy atom. The van der Waals surface area contributed by atoms with Crippen LogP contribution in [0.3, 0.4) is 0 Å². The molecule has 0 aliphatic carbocycles. The molecule has 0 aromatic heterocycles. The van der Waals surface area contributed by atoms with Crippen LogP contribution in [0.25, 0.3) is 0 Å². The fourth-order valence-electron chi connectivity index (χ4n) is 3.06. The number of aliphatic hydroxyl groups is 1. The fourth-order valence-corrected chi connectivity index (χ4v) is 3.06. The number of anilines is 1. The molecule has 2 aromatic rings. The van der Waals surface area contributed by atoms with Crippen molar-refractivity contribution < 1.29 is 24.2 Å². The second-order valence-electron chi connectivity index (χ2n) is 6.74. The Labute approximate surface area is 169 Å². The molecule has 0 unspecified atom stereocenters.